The molecule has 2 aromatic rings. The highest BCUT2D eigenvalue weighted by molar-refractivity contribution is 7.89. The molecular weight excluding hydrogens is 534 g/mol. The summed E-state index contributed by atoms with van der Waals surface area (Å²) in [6.07, 6.45) is 2.42. The predicted octanol–water partition coefficient (Wildman–Crippen LogP) is 2.73. The van der Waals surface area contributed by atoms with Crippen molar-refractivity contribution in [2.75, 3.05) is 19.4 Å². The maximum absolute atomic E-state index is 13.7. The highest BCUT2D eigenvalue weighted by Crippen LogP contribution is 2.43. The third-order valence-electron chi connectivity index (χ3n) is 7.79. The van der Waals surface area contributed by atoms with Gasteiger partial charge < -0.3 is 15.8 Å². The summed E-state index contributed by atoms with van der Waals surface area (Å²) in [5, 5.41) is 2.63. The van der Waals surface area contributed by atoms with Gasteiger partial charge in [0.15, 0.2) is 11.6 Å². The number of benzene rings is 2. The second-order valence-corrected chi connectivity index (χ2v) is 12.2. The number of nitrogens with zero attached hydrogens (tertiary/aromatic N) is 1. The standard InChI is InChI=1S/C29H35N3O7S/c1-39-29(36)21(18-31-27(35)15-14-25(33)20-6-5-7-22(30)16-20)17-26(34)28-19-10-12-23(13-11-19)32(28)40(37,38)24-8-3-2-4-9-24/h2-9,16,19,21,23,28H,10-15,17-18,30H2,1H3,(H,31,35)/t19?,21-,23?,28?/m0/s1. The Hall–Kier alpha value is -3.57. The molecule has 2 bridgehead atoms. The maximum Gasteiger partial charge on any atom is 0.310 e. The Morgan fingerprint density at radius 1 is 1.00 bits per heavy atom. The zero-order chi connectivity index (χ0) is 28.9. The number of methoxy groups -OCH3 is 1. The first-order valence-corrected chi connectivity index (χ1v) is 14.9. The molecule has 40 heavy (non-hydrogen) atoms. The van der Waals surface area contributed by atoms with Gasteiger partial charge in [0.25, 0.3) is 0 Å². The van der Waals surface area contributed by atoms with Crippen molar-refractivity contribution in [3.8, 4) is 0 Å². The van der Waals surface area contributed by atoms with Crippen LogP contribution in [0.1, 0.15) is 55.3 Å². The van der Waals surface area contributed by atoms with Crippen LogP contribution in [0.5, 0.6) is 0 Å². The zero-order valence-electron chi connectivity index (χ0n) is 22.5. The SMILES string of the molecule is COC(=O)[C@H](CNC(=O)CCC(=O)c1cccc(N)c1)CC(=O)C1C2CCC(CC2)N1S(=O)(=O)c1ccccc1. The fourth-order valence-electron chi connectivity index (χ4n) is 5.75. The number of ether oxygens (including phenoxy) is 1. The summed E-state index contributed by atoms with van der Waals surface area (Å²) in [5.74, 6) is -2.87. The quantitative estimate of drug-likeness (QED) is 0.225. The Kier molecular flexibility index (Phi) is 9.36. The number of piperidine rings is 2. The highest BCUT2D eigenvalue weighted by Gasteiger charge is 2.51. The van der Waals surface area contributed by atoms with Crippen molar-refractivity contribution in [2.45, 2.75) is 61.9 Å². The van der Waals surface area contributed by atoms with E-state index in [2.05, 4.69) is 5.32 Å². The number of nitrogens with one attached hydrogen (secondary N) is 1. The molecule has 3 fully saturated rings. The molecule has 3 aliphatic rings. The minimum Gasteiger partial charge on any atom is -0.469 e. The summed E-state index contributed by atoms with van der Waals surface area (Å²) in [7, 11) is -2.73. The van der Waals surface area contributed by atoms with E-state index in [9.17, 15) is 27.6 Å². The van der Waals surface area contributed by atoms with Gasteiger partial charge in [-0.25, -0.2) is 8.42 Å². The molecule has 2 atom stereocenters. The maximum atomic E-state index is 13.7. The minimum absolute atomic E-state index is 0.0471. The molecular formula is C29H35N3O7S. The molecule has 2 aromatic carbocycles. The van der Waals surface area contributed by atoms with Gasteiger partial charge in [-0.15, -0.1) is 0 Å². The monoisotopic (exact) mass is 569 g/mol. The number of fused-ring (bicyclic) bond motifs is 3. The van der Waals surface area contributed by atoms with Crippen molar-refractivity contribution in [1.82, 2.24) is 9.62 Å². The largest absolute Gasteiger partial charge is 0.469 e. The number of hydrogen-bond acceptors (Lipinski definition) is 8. The molecule has 1 aliphatic carbocycles. The summed E-state index contributed by atoms with van der Waals surface area (Å²) >= 11 is 0. The van der Waals surface area contributed by atoms with Crippen molar-refractivity contribution in [1.29, 1.82) is 0 Å². The van der Waals surface area contributed by atoms with Gasteiger partial charge in [0, 0.05) is 43.1 Å². The van der Waals surface area contributed by atoms with Crippen molar-refractivity contribution < 1.29 is 32.3 Å². The topological polar surface area (TPSA) is 153 Å². The van der Waals surface area contributed by atoms with Crippen LogP contribution in [0.25, 0.3) is 0 Å². The number of hydrogen-bond donors (Lipinski definition) is 2. The van der Waals surface area contributed by atoms with Crippen molar-refractivity contribution in [3.05, 3.63) is 60.2 Å². The second-order valence-electron chi connectivity index (χ2n) is 10.4. The number of carbonyl (C=O) groups excluding carboxylic acids is 4. The van der Waals surface area contributed by atoms with E-state index in [0.717, 1.165) is 12.8 Å². The van der Waals surface area contributed by atoms with E-state index in [1.165, 1.54) is 23.5 Å². The Bertz CT molecular complexity index is 1350. The number of anilines is 1. The van der Waals surface area contributed by atoms with Crippen molar-refractivity contribution in [3.63, 3.8) is 0 Å². The van der Waals surface area contributed by atoms with Crippen LogP contribution >= 0.6 is 0 Å². The van der Waals surface area contributed by atoms with Crippen LogP contribution in [0.2, 0.25) is 0 Å². The van der Waals surface area contributed by atoms with E-state index in [0.29, 0.717) is 24.1 Å². The molecule has 11 heteroatoms. The number of sulfonamides is 1. The third-order valence-corrected chi connectivity index (χ3v) is 9.73. The third kappa shape index (κ3) is 6.59. The first kappa shape index (κ1) is 29.4. The number of nitrogen functional groups attached to an aromatic ring is 1. The number of esters is 1. The lowest BCUT2D eigenvalue weighted by atomic mass is 9.74. The molecule has 2 heterocycles. The summed E-state index contributed by atoms with van der Waals surface area (Å²) in [4.78, 5) is 51.2. The van der Waals surface area contributed by atoms with Gasteiger partial charge in [-0.1, -0.05) is 30.3 Å². The van der Waals surface area contributed by atoms with Crippen LogP contribution in [-0.2, 0) is 29.1 Å². The van der Waals surface area contributed by atoms with E-state index < -0.39 is 33.9 Å². The summed E-state index contributed by atoms with van der Waals surface area (Å²) in [6.45, 7) is -0.171. The van der Waals surface area contributed by atoms with Crippen LogP contribution < -0.4 is 11.1 Å². The fraction of sp³-hybridized carbons (Fsp3) is 0.448. The van der Waals surface area contributed by atoms with Gasteiger partial charge in [-0.2, -0.15) is 4.31 Å². The number of Topliss-reactive ketones (excluding diaryl/α,β-unsaturated/α-hetero) is 2. The number of nitrogens with two attached hydrogens (primary N) is 1. The van der Waals surface area contributed by atoms with Crippen molar-refractivity contribution >= 4 is 39.2 Å². The van der Waals surface area contributed by atoms with E-state index in [1.54, 1.807) is 42.5 Å². The number of amides is 1. The first-order valence-electron chi connectivity index (χ1n) is 13.5. The van der Waals surface area contributed by atoms with Gasteiger partial charge in [-0.05, 0) is 55.9 Å². The molecule has 10 nitrogen and oxygen atoms in total. The van der Waals surface area contributed by atoms with Crippen LogP contribution in [0, 0.1) is 11.8 Å². The molecule has 2 aliphatic heterocycles. The number of rotatable bonds is 12. The Labute approximate surface area is 234 Å². The normalized spacial score (nSPS) is 21.4. The average molecular weight is 570 g/mol. The van der Waals surface area contributed by atoms with Crippen LogP contribution in [0.4, 0.5) is 5.69 Å². The summed E-state index contributed by atoms with van der Waals surface area (Å²) in [5.41, 5.74) is 6.56. The zero-order valence-corrected chi connectivity index (χ0v) is 23.3. The van der Waals surface area contributed by atoms with E-state index >= 15 is 0 Å². The molecule has 1 amide bonds. The summed E-state index contributed by atoms with van der Waals surface area (Å²) < 4.78 is 33.5. The van der Waals surface area contributed by atoms with Gasteiger partial charge in [0.2, 0.25) is 15.9 Å². The molecule has 1 unspecified atom stereocenters. The molecule has 214 valence electrons. The second kappa shape index (κ2) is 12.7. The smallest absolute Gasteiger partial charge is 0.310 e. The van der Waals surface area contributed by atoms with E-state index in [4.69, 9.17) is 10.5 Å². The predicted molar refractivity (Wildman–Crippen MR) is 148 cm³/mol. The van der Waals surface area contributed by atoms with Gasteiger partial charge in [-0.3, -0.25) is 19.2 Å². The lowest BCUT2D eigenvalue weighted by Crippen LogP contribution is -2.60. The van der Waals surface area contributed by atoms with E-state index in [1.807, 2.05) is 0 Å². The lowest BCUT2D eigenvalue weighted by Gasteiger charge is -2.49. The van der Waals surface area contributed by atoms with E-state index in [-0.39, 0.29) is 54.2 Å². The minimum atomic E-state index is -3.93. The Morgan fingerprint density at radius 2 is 1.70 bits per heavy atom. The van der Waals surface area contributed by atoms with Crippen LogP contribution in [0.15, 0.2) is 59.5 Å². The first-order chi connectivity index (χ1) is 19.1. The number of carbonyl (C=O) groups is 4. The molecule has 1 saturated carbocycles. The molecule has 0 radical (unpaired) electrons. The average Bonchev–Trinajstić information content (AvgIpc) is 2.97. The van der Waals surface area contributed by atoms with Gasteiger partial charge in [0.05, 0.1) is 24.0 Å². The Balaban J connectivity index is 1.42. The molecule has 3 N–H and O–H groups in total. The summed E-state index contributed by atoms with van der Waals surface area (Å²) in [6, 6.07) is 13.4. The molecule has 5 rings (SSSR count). The molecule has 0 aromatic heterocycles. The Morgan fingerprint density at radius 3 is 2.35 bits per heavy atom. The molecule has 2 saturated heterocycles. The number of ketones is 2. The highest BCUT2D eigenvalue weighted by atomic mass is 32.2. The molecule has 0 spiro atoms. The fourth-order valence-corrected chi connectivity index (χ4v) is 7.69. The lowest BCUT2D eigenvalue weighted by molar-refractivity contribution is -0.148. The van der Waals surface area contributed by atoms with Gasteiger partial charge >= 0.3 is 5.97 Å². The van der Waals surface area contributed by atoms with Crippen LogP contribution in [-0.4, -0.2) is 61.9 Å². The van der Waals surface area contributed by atoms with Crippen molar-refractivity contribution in [2.24, 2.45) is 11.8 Å². The van der Waals surface area contributed by atoms with Gasteiger partial charge in [0.1, 0.15) is 0 Å². The van der Waals surface area contributed by atoms with Crippen LogP contribution in [0.3, 0.4) is 0 Å².